The van der Waals surface area contributed by atoms with Crippen LogP contribution in [0.2, 0.25) is 0 Å². The van der Waals surface area contributed by atoms with Crippen LogP contribution in [-0.2, 0) is 16.1 Å². The summed E-state index contributed by atoms with van der Waals surface area (Å²) in [4.78, 5) is 11.6. The van der Waals surface area contributed by atoms with Crippen LogP contribution >= 0.6 is 0 Å². The van der Waals surface area contributed by atoms with Crippen molar-refractivity contribution < 1.29 is 29.2 Å². The number of aryl methyl sites for hydroxylation is 1. The minimum atomic E-state index is -1.46. The molecule has 0 radical (unpaired) electrons. The van der Waals surface area contributed by atoms with Gasteiger partial charge in [0.05, 0.1) is 6.61 Å². The molecule has 0 saturated carbocycles. The van der Waals surface area contributed by atoms with E-state index < -0.39 is 17.3 Å². The van der Waals surface area contributed by atoms with Crippen LogP contribution in [0, 0.1) is 0 Å². The summed E-state index contributed by atoms with van der Waals surface area (Å²) in [7, 11) is 0. The van der Waals surface area contributed by atoms with Gasteiger partial charge in [-0.2, -0.15) is 0 Å². The smallest absolute Gasteiger partial charge is 0.305 e. The molecule has 0 spiro atoms. The van der Waals surface area contributed by atoms with Gasteiger partial charge in [0.15, 0.2) is 11.9 Å². The van der Waals surface area contributed by atoms with Crippen LogP contribution in [0.3, 0.4) is 0 Å². The molecule has 3 aromatic rings. The average molecular weight is 499 g/mol. The number of carbonyl (C=O) groups excluding carboxylic acids is 1. The molecule has 36 heavy (non-hydrogen) atoms. The van der Waals surface area contributed by atoms with Gasteiger partial charge in [0, 0.05) is 36.2 Å². The van der Waals surface area contributed by atoms with Crippen LogP contribution in [-0.4, -0.2) is 64.4 Å². The molecule has 2 unspecified atom stereocenters. The summed E-state index contributed by atoms with van der Waals surface area (Å²) >= 11 is 0. The van der Waals surface area contributed by atoms with Crippen molar-refractivity contribution in [3.8, 4) is 28.9 Å². The van der Waals surface area contributed by atoms with Gasteiger partial charge < -0.3 is 24.4 Å². The number of tetrazole rings is 1. The number of fused-ring (bicyclic) bond motifs is 1. The number of nitrogens with zero attached hydrogens (tertiary/aromatic N) is 6. The second-order valence-electron chi connectivity index (χ2n) is 9.23. The number of rotatable bonds is 9. The lowest BCUT2D eigenvalue weighted by atomic mass is 9.76. The largest absolute Gasteiger partial charge is 0.492 e. The van der Waals surface area contributed by atoms with E-state index in [-0.39, 0.29) is 17.7 Å². The number of hydrogen-bond acceptors (Lipinski definition) is 11. The molecule has 2 aromatic heterocycles. The van der Waals surface area contributed by atoms with Crippen molar-refractivity contribution in [2.45, 2.75) is 70.8 Å². The second-order valence-corrected chi connectivity index (χ2v) is 9.23. The summed E-state index contributed by atoms with van der Waals surface area (Å²) in [5, 5.41) is 40.5. The van der Waals surface area contributed by atoms with Crippen LogP contribution in [0.4, 0.5) is 0 Å². The highest BCUT2D eigenvalue weighted by atomic mass is 16.6. The maximum absolute atomic E-state index is 11.6. The molecule has 1 aliphatic rings. The Morgan fingerprint density at radius 2 is 1.94 bits per heavy atom. The maximum atomic E-state index is 11.6. The zero-order valence-corrected chi connectivity index (χ0v) is 20.7. The molecular formula is C24H30N6O6. The molecule has 4 rings (SSSR count). The Hall–Kier alpha value is -3.80. The Labute approximate surface area is 208 Å². The van der Waals surface area contributed by atoms with Crippen LogP contribution in [0.1, 0.15) is 58.6 Å². The van der Waals surface area contributed by atoms with E-state index in [1.165, 1.54) is 12.1 Å². The molecule has 3 heterocycles. The van der Waals surface area contributed by atoms with Crippen LogP contribution in [0.5, 0.6) is 17.5 Å². The van der Waals surface area contributed by atoms with Crippen molar-refractivity contribution >= 4 is 5.97 Å². The van der Waals surface area contributed by atoms with Gasteiger partial charge in [0.25, 0.3) is 0 Å². The number of esters is 1. The third-order valence-corrected chi connectivity index (χ3v) is 6.35. The van der Waals surface area contributed by atoms with E-state index in [2.05, 4.69) is 25.7 Å². The third-order valence-electron chi connectivity index (χ3n) is 6.35. The summed E-state index contributed by atoms with van der Waals surface area (Å²) in [6, 6.07) is 8.28. The van der Waals surface area contributed by atoms with Gasteiger partial charge in [-0.15, -0.1) is 15.3 Å². The van der Waals surface area contributed by atoms with Crippen molar-refractivity contribution in [2.24, 2.45) is 0 Å². The lowest BCUT2D eigenvalue weighted by Crippen LogP contribution is -2.59. The number of carbonyl (C=O) groups is 1. The number of ether oxygens (including phenoxy) is 3. The summed E-state index contributed by atoms with van der Waals surface area (Å²) in [5.41, 5.74) is -1.16. The first-order valence-electron chi connectivity index (χ1n) is 11.8. The van der Waals surface area contributed by atoms with E-state index in [9.17, 15) is 15.0 Å². The average Bonchev–Trinajstić information content (AvgIpc) is 3.29. The summed E-state index contributed by atoms with van der Waals surface area (Å²) in [6.07, 6.45) is 0.811. The zero-order chi connectivity index (χ0) is 25.9. The van der Waals surface area contributed by atoms with Gasteiger partial charge in [-0.05, 0) is 69.2 Å². The van der Waals surface area contributed by atoms with Crippen molar-refractivity contribution in [3.63, 3.8) is 0 Å². The molecule has 1 aromatic carbocycles. The van der Waals surface area contributed by atoms with E-state index in [1.807, 2.05) is 12.1 Å². The van der Waals surface area contributed by atoms with Crippen LogP contribution in [0.15, 0.2) is 30.3 Å². The molecule has 0 bridgehead atoms. The van der Waals surface area contributed by atoms with Crippen molar-refractivity contribution in [2.75, 3.05) is 6.61 Å². The first-order valence-corrected chi connectivity index (χ1v) is 11.8. The molecule has 1 aliphatic heterocycles. The van der Waals surface area contributed by atoms with Gasteiger partial charge in [0.1, 0.15) is 17.0 Å². The Morgan fingerprint density at radius 3 is 2.67 bits per heavy atom. The standard InChI is InChI=1S/C24H30N6O6/c1-5-34-20(32)8-6-7-13-30-22(27-28-29-30)15-9-10-17-16(14-15)21(24(4,33)23(2,3)36-17)35-19-12-11-18(31)25-26-19/h9-12,14,21,33H,5-8,13H2,1-4H3,(H,25,31). The fourth-order valence-corrected chi connectivity index (χ4v) is 3.98. The zero-order valence-electron chi connectivity index (χ0n) is 20.7. The Bertz CT molecular complexity index is 1210. The lowest BCUT2D eigenvalue weighted by Gasteiger charge is -2.48. The maximum Gasteiger partial charge on any atom is 0.305 e. The highest BCUT2D eigenvalue weighted by molar-refractivity contribution is 5.69. The van der Waals surface area contributed by atoms with Crippen LogP contribution < -0.4 is 9.47 Å². The topological polar surface area (TPSA) is 155 Å². The van der Waals surface area contributed by atoms with Gasteiger partial charge in [-0.1, -0.05) is 0 Å². The Balaban J connectivity index is 1.61. The van der Waals surface area contributed by atoms with E-state index >= 15 is 0 Å². The number of unbranched alkanes of at least 4 members (excludes halogenated alkanes) is 1. The fraction of sp³-hybridized carbons (Fsp3) is 0.500. The molecule has 2 N–H and O–H groups in total. The molecule has 0 saturated heterocycles. The van der Waals surface area contributed by atoms with Gasteiger partial charge in [-0.3, -0.25) is 4.79 Å². The minimum absolute atomic E-state index is 0.138. The Kier molecular flexibility index (Phi) is 7.07. The van der Waals surface area contributed by atoms with Gasteiger partial charge in [-0.25, -0.2) is 4.68 Å². The summed E-state index contributed by atoms with van der Waals surface area (Å²) in [6.45, 7) is 7.85. The number of aromatic hydroxyl groups is 1. The molecule has 12 nitrogen and oxygen atoms in total. The first-order chi connectivity index (χ1) is 17.1. The second kappa shape index (κ2) is 10.1. The minimum Gasteiger partial charge on any atom is -0.492 e. The van der Waals surface area contributed by atoms with E-state index in [4.69, 9.17) is 14.2 Å². The Morgan fingerprint density at radius 1 is 1.14 bits per heavy atom. The molecule has 192 valence electrons. The highest BCUT2D eigenvalue weighted by Crippen LogP contribution is 2.48. The van der Waals surface area contributed by atoms with E-state index in [0.717, 1.165) is 0 Å². The van der Waals surface area contributed by atoms with Crippen molar-refractivity contribution in [1.82, 2.24) is 30.4 Å². The van der Waals surface area contributed by atoms with E-state index in [0.29, 0.717) is 55.1 Å². The monoisotopic (exact) mass is 498 g/mol. The van der Waals surface area contributed by atoms with Gasteiger partial charge in [0.2, 0.25) is 11.8 Å². The number of aliphatic hydroxyl groups is 1. The highest BCUT2D eigenvalue weighted by Gasteiger charge is 2.54. The van der Waals surface area contributed by atoms with Gasteiger partial charge >= 0.3 is 5.97 Å². The first kappa shape index (κ1) is 25.3. The summed E-state index contributed by atoms with van der Waals surface area (Å²) in [5.74, 6) is 0.752. The fourth-order valence-electron chi connectivity index (χ4n) is 3.98. The molecular weight excluding hydrogens is 468 g/mol. The normalized spacial score (nSPS) is 20.3. The lowest BCUT2D eigenvalue weighted by molar-refractivity contribution is -0.175. The molecule has 0 aliphatic carbocycles. The SMILES string of the molecule is CCOC(=O)CCCCn1nnnc1-c1ccc2c(c1)C(Oc1ccc(O)nn1)C(C)(O)C(C)(C)O2. The number of aromatic nitrogens is 6. The van der Waals surface area contributed by atoms with Crippen molar-refractivity contribution in [3.05, 3.63) is 35.9 Å². The molecule has 0 fully saturated rings. The van der Waals surface area contributed by atoms with Crippen LogP contribution in [0.25, 0.3) is 11.4 Å². The molecule has 2 atom stereocenters. The summed E-state index contributed by atoms with van der Waals surface area (Å²) < 4.78 is 18.9. The van der Waals surface area contributed by atoms with Crippen molar-refractivity contribution in [1.29, 1.82) is 0 Å². The predicted molar refractivity (Wildman–Crippen MR) is 126 cm³/mol. The quantitative estimate of drug-likeness (QED) is 0.330. The molecule has 12 heteroatoms. The predicted octanol–water partition coefficient (Wildman–Crippen LogP) is 2.61. The number of benzene rings is 1. The number of hydrogen-bond donors (Lipinski definition) is 2. The molecule has 0 amide bonds. The third kappa shape index (κ3) is 5.08. The van der Waals surface area contributed by atoms with E-state index in [1.54, 1.807) is 38.4 Å².